The second-order valence-electron chi connectivity index (χ2n) is 11.0. The maximum atomic E-state index is 14.1. The maximum Gasteiger partial charge on any atom is 0.416 e. The van der Waals surface area contributed by atoms with E-state index in [4.69, 9.17) is 10.5 Å². The van der Waals surface area contributed by atoms with Crippen molar-refractivity contribution >= 4 is 22.9 Å². The summed E-state index contributed by atoms with van der Waals surface area (Å²) in [5.74, 6) is -0.0624. The van der Waals surface area contributed by atoms with Gasteiger partial charge in [0.2, 0.25) is 5.91 Å². The van der Waals surface area contributed by atoms with E-state index in [0.717, 1.165) is 65.4 Å². The van der Waals surface area contributed by atoms with Gasteiger partial charge < -0.3 is 15.5 Å². The van der Waals surface area contributed by atoms with E-state index in [2.05, 4.69) is 24.0 Å². The molecule has 39 heavy (non-hydrogen) atoms. The quantitative estimate of drug-likeness (QED) is 0.292. The average molecular weight is 522 g/mol. The summed E-state index contributed by atoms with van der Waals surface area (Å²) < 4.78 is 5.99. The Hall–Kier alpha value is -4.06. The lowest BCUT2D eigenvalue weighted by Gasteiger charge is -2.51. The maximum absolute atomic E-state index is 14.1. The van der Waals surface area contributed by atoms with Crippen LogP contribution in [-0.4, -0.2) is 27.9 Å². The minimum absolute atomic E-state index is 0.168. The number of hydrogen-bond donors (Lipinski definition) is 2. The second-order valence-corrected chi connectivity index (χ2v) is 11.0. The Morgan fingerprint density at radius 2 is 1.59 bits per heavy atom. The van der Waals surface area contributed by atoms with E-state index in [1.165, 1.54) is 6.42 Å². The van der Waals surface area contributed by atoms with Crippen LogP contribution >= 0.6 is 0 Å². The normalized spacial score (nSPS) is 20.4. The van der Waals surface area contributed by atoms with E-state index in [1.807, 2.05) is 66.7 Å². The molecule has 0 spiro atoms. The smallest absolute Gasteiger partial charge is 0.410 e. The van der Waals surface area contributed by atoms with Crippen molar-refractivity contribution in [2.45, 2.75) is 64.0 Å². The number of nitrogens with two attached hydrogens (primary N) is 1. The molecule has 0 bridgehead atoms. The molecule has 1 saturated carbocycles. The Bertz CT molecular complexity index is 1490. The molecule has 200 valence electrons. The predicted molar refractivity (Wildman–Crippen MR) is 153 cm³/mol. The molecule has 3 aromatic carbocycles. The lowest BCUT2D eigenvalue weighted by atomic mass is 9.64. The Kier molecular flexibility index (Phi) is 6.63. The number of aromatic nitrogens is 1. The zero-order valence-electron chi connectivity index (χ0n) is 22.4. The van der Waals surface area contributed by atoms with Crippen LogP contribution in [0.5, 0.6) is 5.75 Å². The summed E-state index contributed by atoms with van der Waals surface area (Å²) in [5, 5.41) is 1.09. The Balaban J connectivity index is 1.41. The number of nitrogens with one attached hydrogen (secondary N) is 1. The van der Waals surface area contributed by atoms with Crippen LogP contribution in [0.15, 0.2) is 78.9 Å². The highest BCUT2D eigenvalue weighted by molar-refractivity contribution is 5.90. The number of fused-ring (bicyclic) bond motifs is 3. The molecule has 2 heterocycles. The number of rotatable bonds is 5. The Morgan fingerprint density at radius 1 is 0.923 bits per heavy atom. The first kappa shape index (κ1) is 25.2. The van der Waals surface area contributed by atoms with Gasteiger partial charge >= 0.3 is 6.09 Å². The summed E-state index contributed by atoms with van der Waals surface area (Å²) in [6.07, 6.45) is 6.11. The molecule has 2 amide bonds. The van der Waals surface area contributed by atoms with Crippen molar-refractivity contribution in [2.75, 3.05) is 0 Å². The topological polar surface area (TPSA) is 88.4 Å². The van der Waals surface area contributed by atoms with Crippen LogP contribution < -0.4 is 10.5 Å². The van der Waals surface area contributed by atoms with Gasteiger partial charge in [-0.3, -0.25) is 9.69 Å². The zero-order valence-corrected chi connectivity index (χ0v) is 22.4. The molecular formula is C33H35N3O3. The molecule has 0 radical (unpaired) electrons. The van der Waals surface area contributed by atoms with E-state index in [1.54, 1.807) is 4.90 Å². The lowest BCUT2D eigenvalue weighted by Crippen LogP contribution is -2.58. The van der Waals surface area contributed by atoms with Gasteiger partial charge in [0.05, 0.1) is 6.04 Å². The zero-order chi connectivity index (χ0) is 27.0. The van der Waals surface area contributed by atoms with Crippen LogP contribution in [0.1, 0.15) is 62.7 Å². The van der Waals surface area contributed by atoms with E-state index in [9.17, 15) is 9.59 Å². The van der Waals surface area contributed by atoms with Crippen molar-refractivity contribution < 1.29 is 14.3 Å². The molecule has 3 N–H and O–H groups in total. The van der Waals surface area contributed by atoms with Crippen LogP contribution in [-0.2, 0) is 11.2 Å². The van der Waals surface area contributed by atoms with Crippen molar-refractivity contribution in [3.8, 4) is 16.9 Å². The average Bonchev–Trinajstić information content (AvgIpc) is 3.35. The SMILES string of the molecule is CCC1(C2c3[nH]c4ccccc4c3CC(C(N)=O)N2C(=O)Oc2ccc(-c3ccccc3)cc2)CCCCC1. The number of primary amides is 1. The molecule has 1 aromatic heterocycles. The molecule has 6 nitrogen and oxygen atoms in total. The minimum Gasteiger partial charge on any atom is -0.410 e. The fourth-order valence-electron chi connectivity index (χ4n) is 6.93. The number of aromatic amines is 1. The molecule has 1 aliphatic carbocycles. The van der Waals surface area contributed by atoms with Gasteiger partial charge in [-0.2, -0.15) is 0 Å². The van der Waals surface area contributed by atoms with Gasteiger partial charge in [0.1, 0.15) is 11.8 Å². The summed E-state index contributed by atoms with van der Waals surface area (Å²) in [6, 6.07) is 24.6. The van der Waals surface area contributed by atoms with Crippen LogP contribution in [0.3, 0.4) is 0 Å². The molecule has 2 unspecified atom stereocenters. The van der Waals surface area contributed by atoms with Crippen molar-refractivity contribution in [1.82, 2.24) is 9.88 Å². The van der Waals surface area contributed by atoms with Gasteiger partial charge in [0, 0.05) is 23.0 Å². The third kappa shape index (κ3) is 4.48. The summed E-state index contributed by atoms with van der Waals surface area (Å²) in [4.78, 5) is 32.4. The fourth-order valence-corrected chi connectivity index (χ4v) is 6.93. The Morgan fingerprint density at radius 3 is 2.28 bits per heavy atom. The van der Waals surface area contributed by atoms with Crippen LogP contribution in [0.25, 0.3) is 22.0 Å². The number of carbonyl (C=O) groups is 2. The van der Waals surface area contributed by atoms with Gasteiger partial charge in [-0.05, 0) is 59.6 Å². The minimum atomic E-state index is -0.789. The van der Waals surface area contributed by atoms with Gasteiger partial charge in [0.25, 0.3) is 0 Å². The van der Waals surface area contributed by atoms with Crippen LogP contribution in [0.4, 0.5) is 4.79 Å². The molecule has 6 rings (SSSR count). The van der Waals surface area contributed by atoms with E-state index in [0.29, 0.717) is 12.2 Å². The molecule has 0 saturated heterocycles. The Labute approximate surface area is 229 Å². The number of nitrogens with zero attached hydrogens (tertiary/aromatic N) is 1. The largest absolute Gasteiger partial charge is 0.416 e. The van der Waals surface area contributed by atoms with Crippen molar-refractivity contribution in [3.05, 3.63) is 90.1 Å². The number of benzene rings is 3. The molecule has 2 aliphatic rings. The van der Waals surface area contributed by atoms with Gasteiger partial charge in [0.15, 0.2) is 0 Å². The number of amides is 2. The lowest BCUT2D eigenvalue weighted by molar-refractivity contribution is -0.125. The van der Waals surface area contributed by atoms with Gasteiger partial charge in [-0.25, -0.2) is 4.79 Å². The number of carbonyl (C=O) groups excluding carboxylic acids is 2. The first-order chi connectivity index (χ1) is 19.0. The number of ether oxygens (including phenoxy) is 1. The number of para-hydroxylation sites is 1. The molecule has 4 aromatic rings. The van der Waals surface area contributed by atoms with Crippen LogP contribution in [0.2, 0.25) is 0 Å². The third-order valence-electron chi connectivity index (χ3n) is 8.97. The second kappa shape index (κ2) is 10.3. The van der Waals surface area contributed by atoms with E-state index < -0.39 is 18.0 Å². The summed E-state index contributed by atoms with van der Waals surface area (Å²) in [7, 11) is 0. The first-order valence-electron chi connectivity index (χ1n) is 14.1. The third-order valence-corrected chi connectivity index (χ3v) is 8.97. The monoisotopic (exact) mass is 521 g/mol. The molecule has 6 heteroatoms. The molecule has 2 atom stereocenters. The highest BCUT2D eigenvalue weighted by Crippen LogP contribution is 2.55. The van der Waals surface area contributed by atoms with Gasteiger partial charge in [-0.1, -0.05) is 86.8 Å². The van der Waals surface area contributed by atoms with Crippen LogP contribution in [0, 0.1) is 5.41 Å². The molecule has 1 fully saturated rings. The number of hydrogen-bond acceptors (Lipinski definition) is 3. The van der Waals surface area contributed by atoms with Gasteiger partial charge in [-0.15, -0.1) is 0 Å². The summed E-state index contributed by atoms with van der Waals surface area (Å²) in [5.41, 5.74) is 11.1. The molecular weight excluding hydrogens is 486 g/mol. The predicted octanol–water partition coefficient (Wildman–Crippen LogP) is 7.15. The fraction of sp³-hybridized carbons (Fsp3) is 0.333. The number of H-pyrrole nitrogens is 1. The van der Waals surface area contributed by atoms with Crippen molar-refractivity contribution in [3.63, 3.8) is 0 Å². The highest BCUT2D eigenvalue weighted by atomic mass is 16.6. The standard InChI is InChI=1S/C33H35N3O3/c1-2-33(19-9-4-10-20-33)30-29-26(25-13-7-8-14-27(25)35-29)21-28(31(34)37)36(30)32(38)39-24-17-15-23(16-18-24)22-11-5-3-6-12-22/h3,5-8,11-18,28,30,35H,2,4,9-10,19-21H2,1H3,(H2,34,37). The van der Waals surface area contributed by atoms with Crippen molar-refractivity contribution in [2.24, 2.45) is 11.1 Å². The highest BCUT2D eigenvalue weighted by Gasteiger charge is 2.52. The first-order valence-corrected chi connectivity index (χ1v) is 14.1. The van der Waals surface area contributed by atoms with E-state index in [-0.39, 0.29) is 11.5 Å². The van der Waals surface area contributed by atoms with E-state index >= 15 is 0 Å². The van der Waals surface area contributed by atoms with Crippen molar-refractivity contribution in [1.29, 1.82) is 0 Å². The summed E-state index contributed by atoms with van der Waals surface area (Å²) in [6.45, 7) is 2.20. The summed E-state index contributed by atoms with van der Waals surface area (Å²) >= 11 is 0. The molecule has 1 aliphatic heterocycles.